The van der Waals surface area contributed by atoms with Gasteiger partial charge in [-0.3, -0.25) is 4.79 Å². The summed E-state index contributed by atoms with van der Waals surface area (Å²) >= 11 is 1.15. The van der Waals surface area contributed by atoms with E-state index in [-0.39, 0.29) is 28.9 Å². The Kier molecular flexibility index (Phi) is 5.86. The fraction of sp³-hybridized carbons (Fsp3) is 0.208. The number of aromatic carboxylic acids is 1. The lowest BCUT2D eigenvalue weighted by molar-refractivity contribution is 0.0692. The van der Waals surface area contributed by atoms with Gasteiger partial charge < -0.3 is 14.7 Å². The van der Waals surface area contributed by atoms with E-state index < -0.39 is 5.97 Å². The van der Waals surface area contributed by atoms with Crippen LogP contribution in [-0.2, 0) is 24.3 Å². The SMILES string of the molecule is Cc1csc(C(=O)c2ccc3c(c2)CCN(C(=O)OCc2ccccc2)C3)c1C(=O)O. The molecule has 6 nitrogen and oxygen atoms in total. The zero-order valence-electron chi connectivity index (χ0n) is 17.0. The summed E-state index contributed by atoms with van der Waals surface area (Å²) in [6, 6.07) is 14.9. The number of carboxylic acid groups (broad SMARTS) is 1. The van der Waals surface area contributed by atoms with Crippen LogP contribution in [0.1, 0.15) is 47.8 Å². The molecule has 0 fully saturated rings. The van der Waals surface area contributed by atoms with Crippen molar-refractivity contribution >= 4 is 29.2 Å². The number of nitrogens with zero attached hydrogens (tertiary/aromatic N) is 1. The van der Waals surface area contributed by atoms with Gasteiger partial charge in [0.05, 0.1) is 10.4 Å². The Morgan fingerprint density at radius 3 is 2.61 bits per heavy atom. The van der Waals surface area contributed by atoms with Crippen LogP contribution in [0.25, 0.3) is 0 Å². The van der Waals surface area contributed by atoms with Gasteiger partial charge in [0.1, 0.15) is 6.61 Å². The van der Waals surface area contributed by atoms with E-state index in [1.807, 2.05) is 42.5 Å². The van der Waals surface area contributed by atoms with Crippen LogP contribution in [0.15, 0.2) is 53.9 Å². The molecule has 158 valence electrons. The Bertz CT molecular complexity index is 1150. The third-order valence-corrected chi connectivity index (χ3v) is 6.44. The average molecular weight is 436 g/mol. The van der Waals surface area contributed by atoms with Crippen molar-refractivity contribution in [3.8, 4) is 0 Å². The number of thiophene rings is 1. The van der Waals surface area contributed by atoms with Crippen LogP contribution < -0.4 is 0 Å². The Morgan fingerprint density at radius 1 is 1.10 bits per heavy atom. The molecule has 7 heteroatoms. The summed E-state index contributed by atoms with van der Waals surface area (Å²) in [5.41, 5.74) is 4.00. The fourth-order valence-electron chi connectivity index (χ4n) is 3.67. The largest absolute Gasteiger partial charge is 0.478 e. The van der Waals surface area contributed by atoms with Gasteiger partial charge in [-0.15, -0.1) is 11.3 Å². The number of rotatable bonds is 5. The molecule has 1 aliphatic heterocycles. The summed E-state index contributed by atoms with van der Waals surface area (Å²) in [6.45, 7) is 2.82. The van der Waals surface area contributed by atoms with Gasteiger partial charge in [0.25, 0.3) is 0 Å². The minimum Gasteiger partial charge on any atom is -0.478 e. The first-order valence-electron chi connectivity index (χ1n) is 9.87. The molecule has 0 spiro atoms. The maximum absolute atomic E-state index is 12.9. The molecule has 0 saturated heterocycles. The number of hydrogen-bond donors (Lipinski definition) is 1. The molecule has 31 heavy (non-hydrogen) atoms. The van der Waals surface area contributed by atoms with E-state index in [0.29, 0.717) is 30.6 Å². The summed E-state index contributed by atoms with van der Waals surface area (Å²) in [6.07, 6.45) is 0.237. The number of amides is 1. The molecule has 0 atom stereocenters. The number of ether oxygens (including phenoxy) is 1. The molecular weight excluding hydrogens is 414 g/mol. The Morgan fingerprint density at radius 2 is 1.87 bits per heavy atom. The number of hydrogen-bond acceptors (Lipinski definition) is 5. The van der Waals surface area contributed by atoms with Crippen molar-refractivity contribution in [3.63, 3.8) is 0 Å². The molecule has 0 saturated carbocycles. The number of fused-ring (bicyclic) bond motifs is 1. The van der Waals surface area contributed by atoms with Crippen LogP contribution in [-0.4, -0.2) is 34.4 Å². The summed E-state index contributed by atoms with van der Waals surface area (Å²) < 4.78 is 5.42. The van der Waals surface area contributed by atoms with Gasteiger partial charge in [-0.25, -0.2) is 9.59 Å². The zero-order valence-corrected chi connectivity index (χ0v) is 17.8. The first-order chi connectivity index (χ1) is 14.9. The highest BCUT2D eigenvalue weighted by Crippen LogP contribution is 2.27. The molecule has 0 aliphatic carbocycles. The number of carbonyl (C=O) groups is 3. The Hall–Kier alpha value is -3.45. The van der Waals surface area contributed by atoms with Crippen LogP contribution in [0.4, 0.5) is 4.79 Å². The minimum absolute atomic E-state index is 0.0695. The molecule has 1 N–H and O–H groups in total. The maximum atomic E-state index is 12.9. The van der Waals surface area contributed by atoms with Crippen molar-refractivity contribution in [2.24, 2.45) is 0 Å². The number of benzene rings is 2. The zero-order chi connectivity index (χ0) is 22.0. The Labute approximate surface area is 183 Å². The van der Waals surface area contributed by atoms with E-state index in [2.05, 4.69) is 0 Å². The first-order valence-corrected chi connectivity index (χ1v) is 10.8. The molecule has 4 rings (SSSR count). The lowest BCUT2D eigenvalue weighted by Gasteiger charge is -2.28. The van der Waals surface area contributed by atoms with Crippen molar-refractivity contribution in [1.82, 2.24) is 4.90 Å². The van der Waals surface area contributed by atoms with Gasteiger partial charge in [0.15, 0.2) is 0 Å². The molecule has 0 radical (unpaired) electrons. The number of carboxylic acids is 1. The summed E-state index contributed by atoms with van der Waals surface area (Å²) in [5, 5.41) is 11.1. The Balaban J connectivity index is 1.46. The monoisotopic (exact) mass is 435 g/mol. The molecule has 0 unspecified atom stereocenters. The van der Waals surface area contributed by atoms with Crippen molar-refractivity contribution < 1.29 is 24.2 Å². The highest BCUT2D eigenvalue weighted by Gasteiger charge is 2.25. The van der Waals surface area contributed by atoms with Gasteiger partial charge in [-0.05, 0) is 47.0 Å². The van der Waals surface area contributed by atoms with Crippen molar-refractivity contribution in [2.45, 2.75) is 26.5 Å². The highest BCUT2D eigenvalue weighted by atomic mass is 32.1. The molecule has 1 aliphatic rings. The smallest absolute Gasteiger partial charge is 0.410 e. The maximum Gasteiger partial charge on any atom is 0.410 e. The molecule has 1 amide bonds. The van der Waals surface area contributed by atoms with Crippen molar-refractivity contribution in [3.05, 3.63) is 92.2 Å². The molecule has 2 heterocycles. The standard InChI is InChI=1S/C24H21NO5S/c1-15-14-31-22(20(15)23(27)28)21(26)18-7-8-19-12-25(10-9-17(19)11-18)24(29)30-13-16-5-3-2-4-6-16/h2-8,11,14H,9-10,12-13H2,1H3,(H,27,28). The van der Waals surface area contributed by atoms with E-state index in [1.165, 1.54) is 0 Å². The van der Waals surface area contributed by atoms with Gasteiger partial charge in [0.2, 0.25) is 5.78 Å². The highest BCUT2D eigenvalue weighted by molar-refractivity contribution is 7.12. The molecule has 3 aromatic rings. The van der Waals surface area contributed by atoms with Gasteiger partial charge in [-0.2, -0.15) is 0 Å². The van der Waals surface area contributed by atoms with Crippen LogP contribution in [0.2, 0.25) is 0 Å². The van der Waals surface area contributed by atoms with Crippen LogP contribution in [0.3, 0.4) is 0 Å². The third kappa shape index (κ3) is 4.36. The number of ketones is 1. The predicted molar refractivity (Wildman–Crippen MR) is 117 cm³/mol. The average Bonchev–Trinajstić information content (AvgIpc) is 3.18. The lowest BCUT2D eigenvalue weighted by atomic mass is 9.95. The van der Waals surface area contributed by atoms with E-state index >= 15 is 0 Å². The van der Waals surface area contributed by atoms with Gasteiger partial charge in [0, 0.05) is 18.7 Å². The quantitative estimate of drug-likeness (QED) is 0.588. The van der Waals surface area contributed by atoms with E-state index in [1.54, 1.807) is 23.3 Å². The van der Waals surface area contributed by atoms with Crippen molar-refractivity contribution in [2.75, 3.05) is 6.54 Å². The number of carbonyl (C=O) groups excluding carboxylic acids is 2. The minimum atomic E-state index is -1.09. The fourth-order valence-corrected chi connectivity index (χ4v) is 4.67. The van der Waals surface area contributed by atoms with E-state index in [0.717, 1.165) is 28.0 Å². The molecule has 2 aromatic carbocycles. The summed E-state index contributed by atoms with van der Waals surface area (Å²) in [4.78, 5) is 38.8. The lowest BCUT2D eigenvalue weighted by Crippen LogP contribution is -2.36. The van der Waals surface area contributed by atoms with Crippen LogP contribution >= 0.6 is 11.3 Å². The van der Waals surface area contributed by atoms with Crippen molar-refractivity contribution in [1.29, 1.82) is 0 Å². The summed E-state index contributed by atoms with van der Waals surface area (Å²) in [5.74, 6) is -1.38. The molecular formula is C24H21NO5S. The summed E-state index contributed by atoms with van der Waals surface area (Å²) in [7, 11) is 0. The third-order valence-electron chi connectivity index (χ3n) is 5.34. The molecule has 0 bridgehead atoms. The second-order valence-corrected chi connectivity index (χ2v) is 8.33. The first kappa shape index (κ1) is 20.8. The number of aryl methyl sites for hydroxylation is 1. The second kappa shape index (κ2) is 8.73. The predicted octanol–water partition coefficient (Wildman–Crippen LogP) is 4.68. The van der Waals surface area contributed by atoms with Crippen LogP contribution in [0.5, 0.6) is 0 Å². The second-order valence-electron chi connectivity index (χ2n) is 7.45. The van der Waals surface area contributed by atoms with Gasteiger partial charge in [-0.1, -0.05) is 42.5 Å². The normalized spacial score (nSPS) is 12.9. The van der Waals surface area contributed by atoms with Crippen LogP contribution in [0, 0.1) is 6.92 Å². The topological polar surface area (TPSA) is 83.9 Å². The van der Waals surface area contributed by atoms with Gasteiger partial charge >= 0.3 is 12.1 Å². The van der Waals surface area contributed by atoms with E-state index in [9.17, 15) is 19.5 Å². The molecule has 1 aromatic heterocycles. The van der Waals surface area contributed by atoms with E-state index in [4.69, 9.17) is 4.74 Å².